The van der Waals surface area contributed by atoms with Gasteiger partial charge in [0, 0.05) is 47.7 Å². The summed E-state index contributed by atoms with van der Waals surface area (Å²) in [4.78, 5) is 55.7. The average Bonchev–Trinajstić information content (AvgIpc) is 3.12. The van der Waals surface area contributed by atoms with E-state index in [0.717, 1.165) is 11.1 Å². The van der Waals surface area contributed by atoms with Crippen molar-refractivity contribution in [1.82, 2.24) is 20.3 Å². The number of amides is 1. The number of anilines is 1. The molecule has 163 valence electrons. The molecule has 12 heteroatoms. The maximum absolute atomic E-state index is 12.3. The molecule has 0 spiro atoms. The molecule has 0 saturated heterocycles. The van der Waals surface area contributed by atoms with Crippen LogP contribution in [0.1, 0.15) is 34.3 Å². The molecule has 2 aromatic heterocycles. The van der Waals surface area contributed by atoms with Gasteiger partial charge in [-0.2, -0.15) is 4.98 Å². The van der Waals surface area contributed by atoms with Crippen molar-refractivity contribution in [3.63, 3.8) is 0 Å². The maximum atomic E-state index is 12.3. The first-order chi connectivity index (χ1) is 14.7. The van der Waals surface area contributed by atoms with Crippen LogP contribution in [0.3, 0.4) is 0 Å². The summed E-state index contributed by atoms with van der Waals surface area (Å²) in [5, 5.41) is 20.6. The minimum Gasteiger partial charge on any atom is -0.481 e. The van der Waals surface area contributed by atoms with Gasteiger partial charge in [0.15, 0.2) is 0 Å². The Bertz CT molecular complexity index is 1190. The van der Waals surface area contributed by atoms with E-state index in [1.54, 1.807) is 30.5 Å². The zero-order valence-electron chi connectivity index (χ0n) is 17.3. The van der Waals surface area contributed by atoms with Gasteiger partial charge in [0.25, 0.3) is 11.5 Å². The SMILES string of the molecule is Nc1nc2[nH]cc(CCc3ccc(C(=O)N[C@H](CCC(=O)O)C(=O)O)cc3)c2c(=O)[nH]1.[Na]. The van der Waals surface area contributed by atoms with Gasteiger partial charge in [0.1, 0.15) is 11.7 Å². The molecule has 0 aliphatic heterocycles. The molecular weight excluding hydrogens is 429 g/mol. The van der Waals surface area contributed by atoms with Crippen LogP contribution < -0.4 is 16.6 Å². The minimum absolute atomic E-state index is 0. The molecule has 1 amide bonds. The second-order valence-electron chi connectivity index (χ2n) is 6.98. The van der Waals surface area contributed by atoms with Crippen molar-refractivity contribution in [3.8, 4) is 0 Å². The van der Waals surface area contributed by atoms with Gasteiger partial charge in [0.05, 0.1) is 5.39 Å². The number of carbonyl (C=O) groups excluding carboxylic acids is 1. The van der Waals surface area contributed by atoms with Gasteiger partial charge in [-0.3, -0.25) is 19.4 Å². The third-order valence-electron chi connectivity index (χ3n) is 4.79. The minimum atomic E-state index is -1.30. The zero-order chi connectivity index (χ0) is 22.5. The summed E-state index contributed by atoms with van der Waals surface area (Å²) in [6.07, 6.45) is 2.27. The number of nitrogens with zero attached hydrogens (tertiary/aromatic N) is 1. The van der Waals surface area contributed by atoms with Crippen molar-refractivity contribution in [2.24, 2.45) is 0 Å². The fourth-order valence-electron chi connectivity index (χ4n) is 3.19. The third kappa shape index (κ3) is 6.19. The summed E-state index contributed by atoms with van der Waals surface area (Å²) in [6, 6.07) is 5.30. The summed E-state index contributed by atoms with van der Waals surface area (Å²) in [5.41, 5.74) is 7.59. The van der Waals surface area contributed by atoms with E-state index in [2.05, 4.69) is 20.3 Å². The number of fused-ring (bicyclic) bond motifs is 1. The van der Waals surface area contributed by atoms with Crippen LogP contribution in [0.4, 0.5) is 5.95 Å². The first-order valence-corrected chi connectivity index (χ1v) is 9.44. The van der Waals surface area contributed by atoms with Gasteiger partial charge >= 0.3 is 11.9 Å². The zero-order valence-corrected chi connectivity index (χ0v) is 19.3. The van der Waals surface area contributed by atoms with Gasteiger partial charge < -0.3 is 26.2 Å². The monoisotopic (exact) mass is 450 g/mol. The van der Waals surface area contributed by atoms with Crippen molar-refractivity contribution < 1.29 is 24.6 Å². The van der Waals surface area contributed by atoms with E-state index in [1.165, 1.54) is 0 Å². The van der Waals surface area contributed by atoms with Crippen LogP contribution in [0, 0.1) is 0 Å². The average molecular weight is 450 g/mol. The number of benzene rings is 1. The molecule has 0 bridgehead atoms. The molecule has 0 aliphatic carbocycles. The number of rotatable bonds is 9. The molecule has 32 heavy (non-hydrogen) atoms. The van der Waals surface area contributed by atoms with Crippen LogP contribution in [0.2, 0.25) is 0 Å². The molecule has 3 aromatic rings. The number of H-pyrrole nitrogens is 2. The van der Waals surface area contributed by atoms with E-state index in [1.807, 2.05) is 0 Å². The van der Waals surface area contributed by atoms with Crippen molar-refractivity contribution in [2.75, 3.05) is 5.73 Å². The molecule has 1 aromatic carbocycles. The first kappa shape index (κ1) is 25.1. The van der Waals surface area contributed by atoms with Gasteiger partial charge in [-0.15, -0.1) is 0 Å². The quantitative estimate of drug-likeness (QED) is 0.250. The largest absolute Gasteiger partial charge is 0.481 e. The van der Waals surface area contributed by atoms with Crippen LogP contribution >= 0.6 is 0 Å². The number of aryl methyl sites for hydroxylation is 2. The van der Waals surface area contributed by atoms with Gasteiger partial charge in [-0.1, -0.05) is 12.1 Å². The predicted molar refractivity (Wildman–Crippen MR) is 116 cm³/mol. The topological polar surface area (TPSA) is 191 Å². The third-order valence-corrected chi connectivity index (χ3v) is 4.79. The number of nitrogens with one attached hydrogen (secondary N) is 3. The number of nitrogens with two attached hydrogens (primary N) is 1. The van der Waals surface area contributed by atoms with Crippen molar-refractivity contribution in [3.05, 3.63) is 57.5 Å². The van der Waals surface area contributed by atoms with Crippen molar-refractivity contribution in [1.29, 1.82) is 0 Å². The predicted octanol–water partition coefficient (Wildman–Crippen LogP) is 0.286. The molecule has 11 nitrogen and oxygen atoms in total. The van der Waals surface area contributed by atoms with Crippen LogP contribution in [0.5, 0.6) is 0 Å². The summed E-state index contributed by atoms with van der Waals surface area (Å²) >= 11 is 0. The van der Waals surface area contributed by atoms with E-state index in [9.17, 15) is 19.2 Å². The summed E-state index contributed by atoms with van der Waals surface area (Å²) in [5.74, 6) is -3.00. The van der Waals surface area contributed by atoms with Crippen LogP contribution in [0.15, 0.2) is 35.3 Å². The van der Waals surface area contributed by atoms with Gasteiger partial charge in [-0.25, -0.2) is 4.79 Å². The Hall–Kier alpha value is -3.15. The fraction of sp³-hybridized carbons (Fsp3) is 0.250. The Labute approximate surface area is 203 Å². The molecule has 0 saturated carbocycles. The number of carboxylic acid groups (broad SMARTS) is 2. The van der Waals surface area contributed by atoms with Crippen LogP contribution in [-0.2, 0) is 22.4 Å². The molecule has 1 atom stereocenters. The molecule has 0 unspecified atom stereocenters. The smallest absolute Gasteiger partial charge is 0.326 e. The molecule has 2 heterocycles. The number of aromatic amines is 2. The number of aliphatic carboxylic acids is 2. The van der Waals surface area contributed by atoms with E-state index in [0.29, 0.717) is 23.9 Å². The molecule has 0 aliphatic rings. The number of carboxylic acids is 2. The number of hydrogen-bond donors (Lipinski definition) is 6. The number of carbonyl (C=O) groups is 3. The van der Waals surface area contributed by atoms with Crippen LogP contribution in [-0.4, -0.2) is 78.6 Å². The maximum Gasteiger partial charge on any atom is 0.326 e. The Kier molecular flexibility index (Phi) is 8.58. The Balaban J connectivity index is 0.00000363. The number of hydrogen-bond acceptors (Lipinski definition) is 6. The Morgan fingerprint density at radius 3 is 2.44 bits per heavy atom. The molecule has 0 fully saturated rings. The Morgan fingerprint density at radius 1 is 1.12 bits per heavy atom. The number of nitrogen functional groups attached to an aromatic ring is 1. The van der Waals surface area contributed by atoms with E-state index >= 15 is 0 Å². The fourth-order valence-corrected chi connectivity index (χ4v) is 3.19. The van der Waals surface area contributed by atoms with E-state index in [4.69, 9.17) is 15.9 Å². The molecule has 1 radical (unpaired) electrons. The molecular formula is C20H21N5NaO6. The van der Waals surface area contributed by atoms with Crippen molar-refractivity contribution >= 4 is 64.4 Å². The standard InChI is InChI=1S/C20H21N5O6.Na/c21-20-24-16-15(18(29)25-20)12(9-22-16)6-3-10-1-4-11(5-2-10)17(28)23-13(19(30)31)7-8-14(26)27;/h1-2,4-5,9,13H,3,6-8H2,(H,23,28)(H,26,27)(H,30,31)(H4,21,22,24,25,29);/t13-;/m1./s1. The second kappa shape index (κ2) is 10.9. The summed E-state index contributed by atoms with van der Waals surface area (Å²) < 4.78 is 0. The molecule has 3 rings (SSSR count). The molecule has 7 N–H and O–H groups in total. The van der Waals surface area contributed by atoms with Gasteiger partial charge in [-0.05, 0) is 42.5 Å². The second-order valence-corrected chi connectivity index (χ2v) is 6.98. The van der Waals surface area contributed by atoms with Crippen LogP contribution in [0.25, 0.3) is 11.0 Å². The van der Waals surface area contributed by atoms with E-state index < -0.39 is 23.9 Å². The normalized spacial score (nSPS) is 11.5. The Morgan fingerprint density at radius 2 is 1.81 bits per heavy atom. The first-order valence-electron chi connectivity index (χ1n) is 9.44. The summed E-state index contributed by atoms with van der Waals surface area (Å²) in [6.45, 7) is 0. The van der Waals surface area contributed by atoms with Crippen molar-refractivity contribution in [2.45, 2.75) is 31.7 Å². The summed E-state index contributed by atoms with van der Waals surface area (Å²) in [7, 11) is 0. The van der Waals surface area contributed by atoms with E-state index in [-0.39, 0.29) is 59.5 Å². The number of aromatic nitrogens is 3. The van der Waals surface area contributed by atoms with Gasteiger partial charge in [0.2, 0.25) is 5.95 Å².